The summed E-state index contributed by atoms with van der Waals surface area (Å²) in [6, 6.07) is 22.6. The van der Waals surface area contributed by atoms with Crippen molar-refractivity contribution in [3.05, 3.63) is 90.0 Å². The molecule has 0 atom stereocenters. The SMILES string of the molecule is COc1ccc(NC(=O)/C=C/c2ccc(OCc3ccccc3)c(OC)c2)cc1. The standard InChI is InChI=1S/C24H23NO4/c1-27-21-12-10-20(11-13-21)25-24(26)15-9-18-8-14-22(23(16-18)28-2)29-17-19-6-4-3-5-7-19/h3-16H,17H2,1-2H3,(H,25,26)/b15-9+. The quantitative estimate of drug-likeness (QED) is 0.555. The van der Waals surface area contributed by atoms with Crippen LogP contribution in [0.25, 0.3) is 6.08 Å². The van der Waals surface area contributed by atoms with Crippen molar-refractivity contribution in [2.24, 2.45) is 0 Å². The molecule has 3 rings (SSSR count). The van der Waals surface area contributed by atoms with Crippen molar-refractivity contribution < 1.29 is 19.0 Å². The van der Waals surface area contributed by atoms with Crippen LogP contribution in [0.15, 0.2) is 78.9 Å². The molecule has 3 aromatic carbocycles. The van der Waals surface area contributed by atoms with Crippen molar-refractivity contribution in [3.8, 4) is 17.2 Å². The van der Waals surface area contributed by atoms with E-state index in [2.05, 4.69) is 5.32 Å². The Bertz CT molecular complexity index is 966. The molecule has 29 heavy (non-hydrogen) atoms. The molecule has 1 amide bonds. The van der Waals surface area contributed by atoms with Crippen molar-refractivity contribution in [1.82, 2.24) is 0 Å². The van der Waals surface area contributed by atoms with Crippen LogP contribution in [-0.4, -0.2) is 20.1 Å². The van der Waals surface area contributed by atoms with Gasteiger partial charge in [0.15, 0.2) is 11.5 Å². The minimum atomic E-state index is -0.224. The van der Waals surface area contributed by atoms with E-state index in [4.69, 9.17) is 14.2 Å². The Labute approximate surface area is 170 Å². The monoisotopic (exact) mass is 389 g/mol. The molecule has 0 saturated carbocycles. The van der Waals surface area contributed by atoms with Crippen molar-refractivity contribution in [3.63, 3.8) is 0 Å². The molecule has 0 aliphatic rings. The maximum absolute atomic E-state index is 12.1. The molecule has 5 heteroatoms. The third-order valence-electron chi connectivity index (χ3n) is 4.21. The molecule has 0 saturated heterocycles. The molecule has 148 valence electrons. The van der Waals surface area contributed by atoms with Gasteiger partial charge >= 0.3 is 0 Å². The number of ether oxygens (including phenoxy) is 3. The zero-order chi connectivity index (χ0) is 20.5. The van der Waals surface area contributed by atoms with E-state index >= 15 is 0 Å². The third-order valence-corrected chi connectivity index (χ3v) is 4.21. The molecule has 0 radical (unpaired) electrons. The van der Waals surface area contributed by atoms with Gasteiger partial charge in [0.2, 0.25) is 5.91 Å². The van der Waals surface area contributed by atoms with Crippen LogP contribution < -0.4 is 19.5 Å². The molecular formula is C24H23NO4. The van der Waals surface area contributed by atoms with Crippen LogP contribution in [0, 0.1) is 0 Å². The predicted octanol–water partition coefficient (Wildman–Crippen LogP) is 4.93. The number of hydrogen-bond donors (Lipinski definition) is 1. The fraction of sp³-hybridized carbons (Fsp3) is 0.125. The molecule has 0 aliphatic carbocycles. The molecule has 1 N–H and O–H groups in total. The summed E-state index contributed by atoms with van der Waals surface area (Å²) in [4.78, 5) is 12.1. The Morgan fingerprint density at radius 1 is 0.897 bits per heavy atom. The van der Waals surface area contributed by atoms with E-state index in [0.29, 0.717) is 23.8 Å². The topological polar surface area (TPSA) is 56.8 Å². The number of methoxy groups -OCH3 is 2. The molecule has 0 heterocycles. The van der Waals surface area contributed by atoms with E-state index in [9.17, 15) is 4.79 Å². The van der Waals surface area contributed by atoms with Gasteiger partial charge in [-0.1, -0.05) is 36.4 Å². The fourth-order valence-electron chi connectivity index (χ4n) is 2.67. The first-order valence-electron chi connectivity index (χ1n) is 9.16. The highest BCUT2D eigenvalue weighted by molar-refractivity contribution is 6.01. The maximum Gasteiger partial charge on any atom is 0.248 e. The molecule has 0 fully saturated rings. The number of rotatable bonds is 8. The third kappa shape index (κ3) is 5.87. The average Bonchev–Trinajstić information content (AvgIpc) is 2.77. The maximum atomic E-state index is 12.1. The number of anilines is 1. The van der Waals surface area contributed by atoms with E-state index < -0.39 is 0 Å². The lowest BCUT2D eigenvalue weighted by atomic mass is 10.2. The van der Waals surface area contributed by atoms with Crippen molar-refractivity contribution >= 4 is 17.7 Å². The minimum absolute atomic E-state index is 0.224. The average molecular weight is 389 g/mol. The van der Waals surface area contributed by atoms with Crippen molar-refractivity contribution in [2.75, 3.05) is 19.5 Å². The summed E-state index contributed by atoms with van der Waals surface area (Å²) in [6.07, 6.45) is 3.20. The Morgan fingerprint density at radius 3 is 2.34 bits per heavy atom. The molecule has 0 aromatic heterocycles. The number of carbonyl (C=O) groups excluding carboxylic acids is 1. The Kier molecular flexibility index (Phi) is 6.90. The van der Waals surface area contributed by atoms with Gasteiger partial charge in [0.1, 0.15) is 12.4 Å². The van der Waals surface area contributed by atoms with Crippen LogP contribution in [0.5, 0.6) is 17.2 Å². The first-order valence-corrected chi connectivity index (χ1v) is 9.16. The highest BCUT2D eigenvalue weighted by Gasteiger charge is 2.06. The lowest BCUT2D eigenvalue weighted by Crippen LogP contribution is -2.07. The highest BCUT2D eigenvalue weighted by Crippen LogP contribution is 2.29. The lowest BCUT2D eigenvalue weighted by Gasteiger charge is -2.11. The molecular weight excluding hydrogens is 366 g/mol. The van der Waals surface area contributed by atoms with E-state index in [1.165, 1.54) is 6.08 Å². The summed E-state index contributed by atoms with van der Waals surface area (Å²) in [5, 5.41) is 2.80. The van der Waals surface area contributed by atoms with Gasteiger partial charge in [-0.15, -0.1) is 0 Å². The summed E-state index contributed by atoms with van der Waals surface area (Å²) in [7, 11) is 3.19. The van der Waals surface area contributed by atoms with Gasteiger partial charge in [0.25, 0.3) is 0 Å². The first kappa shape index (κ1) is 20.0. The lowest BCUT2D eigenvalue weighted by molar-refractivity contribution is -0.111. The summed E-state index contributed by atoms with van der Waals surface area (Å²) in [5.74, 6) is 1.77. The number of benzene rings is 3. The number of nitrogens with one attached hydrogen (secondary N) is 1. The normalized spacial score (nSPS) is 10.6. The van der Waals surface area contributed by atoms with Gasteiger partial charge in [-0.2, -0.15) is 0 Å². The molecule has 3 aromatic rings. The summed E-state index contributed by atoms with van der Waals surface area (Å²) >= 11 is 0. The molecule has 0 bridgehead atoms. The van der Waals surface area contributed by atoms with E-state index in [1.807, 2.05) is 48.5 Å². The number of amides is 1. The zero-order valence-electron chi connectivity index (χ0n) is 16.4. The van der Waals surface area contributed by atoms with Crippen LogP contribution in [0.3, 0.4) is 0 Å². The Hall–Kier alpha value is -3.73. The van der Waals surface area contributed by atoms with Gasteiger partial charge < -0.3 is 19.5 Å². The van der Waals surface area contributed by atoms with Gasteiger partial charge in [-0.3, -0.25) is 4.79 Å². The summed E-state index contributed by atoms with van der Waals surface area (Å²) < 4.78 is 16.4. The van der Waals surface area contributed by atoms with Crippen LogP contribution in [0.4, 0.5) is 5.69 Å². The molecule has 0 aliphatic heterocycles. The molecule has 0 unspecified atom stereocenters. The second-order valence-electron chi connectivity index (χ2n) is 6.24. The largest absolute Gasteiger partial charge is 0.497 e. The minimum Gasteiger partial charge on any atom is -0.497 e. The Morgan fingerprint density at radius 2 is 1.66 bits per heavy atom. The van der Waals surface area contributed by atoms with E-state index in [-0.39, 0.29) is 5.91 Å². The number of carbonyl (C=O) groups is 1. The van der Waals surface area contributed by atoms with Crippen LogP contribution in [0.2, 0.25) is 0 Å². The number of hydrogen-bond acceptors (Lipinski definition) is 4. The van der Waals surface area contributed by atoms with Gasteiger partial charge in [0, 0.05) is 11.8 Å². The van der Waals surface area contributed by atoms with Crippen LogP contribution in [0.1, 0.15) is 11.1 Å². The molecule has 0 spiro atoms. The van der Waals surface area contributed by atoms with E-state index in [1.54, 1.807) is 44.6 Å². The highest BCUT2D eigenvalue weighted by atomic mass is 16.5. The van der Waals surface area contributed by atoms with Gasteiger partial charge in [-0.25, -0.2) is 0 Å². The van der Waals surface area contributed by atoms with Crippen molar-refractivity contribution in [2.45, 2.75) is 6.61 Å². The smallest absolute Gasteiger partial charge is 0.248 e. The summed E-state index contributed by atoms with van der Waals surface area (Å²) in [6.45, 7) is 0.455. The second-order valence-corrected chi connectivity index (χ2v) is 6.24. The second kappa shape index (κ2) is 9.99. The Balaban J connectivity index is 1.61. The predicted molar refractivity (Wildman–Crippen MR) is 114 cm³/mol. The van der Waals surface area contributed by atoms with Gasteiger partial charge in [0.05, 0.1) is 14.2 Å². The van der Waals surface area contributed by atoms with Crippen LogP contribution >= 0.6 is 0 Å². The fourth-order valence-corrected chi connectivity index (χ4v) is 2.67. The zero-order valence-corrected chi connectivity index (χ0v) is 16.4. The van der Waals surface area contributed by atoms with E-state index in [0.717, 1.165) is 16.9 Å². The first-order chi connectivity index (χ1) is 14.2. The van der Waals surface area contributed by atoms with Gasteiger partial charge in [-0.05, 0) is 53.6 Å². The van der Waals surface area contributed by atoms with Crippen LogP contribution in [-0.2, 0) is 11.4 Å². The summed E-state index contributed by atoms with van der Waals surface area (Å²) in [5.41, 5.74) is 2.61. The van der Waals surface area contributed by atoms with Crippen molar-refractivity contribution in [1.29, 1.82) is 0 Å². The molecule has 5 nitrogen and oxygen atoms in total.